The Balaban J connectivity index is 3.53. The third kappa shape index (κ3) is 5.52. The predicted octanol–water partition coefficient (Wildman–Crippen LogP) is 0.428. The molecule has 0 saturated heterocycles. The van der Waals surface area contributed by atoms with Gasteiger partial charge >= 0.3 is 0 Å². The van der Waals surface area contributed by atoms with Crippen molar-refractivity contribution >= 4 is 0 Å². The van der Waals surface area contributed by atoms with Gasteiger partial charge < -0.3 is 15.7 Å². The molecule has 1 atom stereocenters. The van der Waals surface area contributed by atoms with Gasteiger partial charge in [-0.15, -0.1) is 0 Å². The van der Waals surface area contributed by atoms with E-state index in [-0.39, 0.29) is 12.6 Å². The first-order chi connectivity index (χ1) is 5.74. The highest BCUT2D eigenvalue weighted by Gasteiger charge is 2.06. The normalized spacial score (nSPS) is 13.8. The van der Waals surface area contributed by atoms with Crippen LogP contribution in [0.1, 0.15) is 26.7 Å². The predicted molar refractivity (Wildman–Crippen MR) is 52.1 cm³/mol. The van der Waals surface area contributed by atoms with Crippen molar-refractivity contribution in [3.8, 4) is 0 Å². The largest absolute Gasteiger partial charge is 0.396 e. The molecule has 0 aromatic carbocycles. The molecule has 0 aromatic heterocycles. The second-order valence-corrected chi connectivity index (χ2v) is 3.17. The molecule has 0 spiro atoms. The summed E-state index contributed by atoms with van der Waals surface area (Å²) < 4.78 is 0. The molecule has 0 aromatic rings. The van der Waals surface area contributed by atoms with Crippen molar-refractivity contribution in [3.63, 3.8) is 0 Å². The number of likely N-dealkylation sites (N-methyl/N-ethyl adjacent to an activating group) is 1. The number of aliphatic hydroxyl groups excluding tert-OH is 1. The van der Waals surface area contributed by atoms with Crippen molar-refractivity contribution in [2.45, 2.75) is 32.7 Å². The second kappa shape index (κ2) is 7.53. The molecule has 0 fully saturated rings. The summed E-state index contributed by atoms with van der Waals surface area (Å²) in [7, 11) is 0. The van der Waals surface area contributed by atoms with Crippen LogP contribution in [0.3, 0.4) is 0 Å². The van der Waals surface area contributed by atoms with E-state index in [2.05, 4.69) is 18.7 Å². The average Bonchev–Trinajstić information content (AvgIpc) is 2.04. The summed E-state index contributed by atoms with van der Waals surface area (Å²) in [6, 6.07) is 0.126. The fourth-order valence-electron chi connectivity index (χ4n) is 1.28. The molecule has 0 aliphatic heterocycles. The van der Waals surface area contributed by atoms with E-state index in [0.717, 1.165) is 19.6 Å². The Morgan fingerprint density at radius 3 is 2.50 bits per heavy atom. The van der Waals surface area contributed by atoms with E-state index in [4.69, 9.17) is 10.8 Å². The van der Waals surface area contributed by atoms with Crippen LogP contribution in [-0.2, 0) is 0 Å². The maximum atomic E-state index is 8.65. The molecule has 0 radical (unpaired) electrons. The smallest absolute Gasteiger partial charge is 0.0446 e. The molecular weight excluding hydrogens is 152 g/mol. The summed E-state index contributed by atoms with van der Waals surface area (Å²) in [4.78, 5) is 2.32. The number of hydrogen-bond donors (Lipinski definition) is 2. The number of rotatable bonds is 7. The minimum atomic E-state index is 0.126. The van der Waals surface area contributed by atoms with E-state index in [9.17, 15) is 0 Å². The van der Waals surface area contributed by atoms with Crippen LogP contribution in [0, 0.1) is 0 Å². The van der Waals surface area contributed by atoms with Crippen LogP contribution in [0.25, 0.3) is 0 Å². The molecule has 0 aliphatic rings. The molecule has 0 rings (SSSR count). The molecule has 0 bridgehead atoms. The lowest BCUT2D eigenvalue weighted by atomic mass is 10.2. The molecule has 0 amide bonds. The quantitative estimate of drug-likeness (QED) is 0.588. The SMILES string of the molecule is CCCN(CC)CC(N)CCO. The Bertz CT molecular complexity index is 98.5. The zero-order valence-corrected chi connectivity index (χ0v) is 8.29. The van der Waals surface area contributed by atoms with Crippen LogP contribution >= 0.6 is 0 Å². The van der Waals surface area contributed by atoms with E-state index in [1.165, 1.54) is 6.42 Å². The Labute approximate surface area is 75.6 Å². The lowest BCUT2D eigenvalue weighted by Crippen LogP contribution is -2.38. The summed E-state index contributed by atoms with van der Waals surface area (Å²) in [6.07, 6.45) is 1.87. The Morgan fingerprint density at radius 1 is 1.42 bits per heavy atom. The maximum absolute atomic E-state index is 8.65. The van der Waals surface area contributed by atoms with Gasteiger partial charge in [-0.3, -0.25) is 0 Å². The van der Waals surface area contributed by atoms with E-state index >= 15 is 0 Å². The summed E-state index contributed by atoms with van der Waals surface area (Å²) in [5.74, 6) is 0. The highest BCUT2D eigenvalue weighted by Crippen LogP contribution is 1.95. The minimum absolute atomic E-state index is 0.126. The zero-order valence-electron chi connectivity index (χ0n) is 8.29. The van der Waals surface area contributed by atoms with Crippen molar-refractivity contribution in [3.05, 3.63) is 0 Å². The molecule has 1 unspecified atom stereocenters. The minimum Gasteiger partial charge on any atom is -0.396 e. The van der Waals surface area contributed by atoms with Gasteiger partial charge in [0, 0.05) is 19.2 Å². The molecular formula is C9H22N2O. The van der Waals surface area contributed by atoms with Gasteiger partial charge in [-0.2, -0.15) is 0 Å². The number of hydrogen-bond acceptors (Lipinski definition) is 3. The topological polar surface area (TPSA) is 49.5 Å². The lowest BCUT2D eigenvalue weighted by Gasteiger charge is -2.23. The number of nitrogens with two attached hydrogens (primary N) is 1. The fourth-order valence-corrected chi connectivity index (χ4v) is 1.28. The van der Waals surface area contributed by atoms with Crippen LogP contribution in [0.5, 0.6) is 0 Å². The average molecular weight is 174 g/mol. The number of aliphatic hydroxyl groups is 1. The maximum Gasteiger partial charge on any atom is 0.0446 e. The standard InChI is InChI=1S/C9H22N2O/c1-3-6-11(4-2)8-9(10)5-7-12/h9,12H,3-8,10H2,1-2H3. The van der Waals surface area contributed by atoms with Gasteiger partial charge in [-0.25, -0.2) is 0 Å². The van der Waals surface area contributed by atoms with E-state index in [1.807, 2.05) is 0 Å². The first kappa shape index (κ1) is 11.9. The van der Waals surface area contributed by atoms with E-state index < -0.39 is 0 Å². The molecule has 12 heavy (non-hydrogen) atoms. The van der Waals surface area contributed by atoms with Crippen LogP contribution in [0.15, 0.2) is 0 Å². The van der Waals surface area contributed by atoms with Gasteiger partial charge in [-0.05, 0) is 25.9 Å². The molecule has 0 saturated carbocycles. The Hall–Kier alpha value is -0.120. The van der Waals surface area contributed by atoms with Crippen molar-refractivity contribution in [2.24, 2.45) is 5.73 Å². The summed E-state index contributed by atoms with van der Waals surface area (Å²) in [5, 5.41) is 8.65. The highest BCUT2D eigenvalue weighted by atomic mass is 16.3. The number of nitrogens with zero attached hydrogens (tertiary/aromatic N) is 1. The van der Waals surface area contributed by atoms with Crippen LogP contribution in [-0.4, -0.2) is 42.3 Å². The molecule has 0 heterocycles. The third-order valence-corrected chi connectivity index (χ3v) is 1.98. The van der Waals surface area contributed by atoms with Crippen molar-refractivity contribution < 1.29 is 5.11 Å². The summed E-state index contributed by atoms with van der Waals surface area (Å²) in [5.41, 5.74) is 5.79. The zero-order chi connectivity index (χ0) is 9.40. The van der Waals surface area contributed by atoms with Crippen LogP contribution in [0.2, 0.25) is 0 Å². The van der Waals surface area contributed by atoms with Gasteiger partial charge in [0.25, 0.3) is 0 Å². The monoisotopic (exact) mass is 174 g/mol. The van der Waals surface area contributed by atoms with Crippen molar-refractivity contribution in [1.82, 2.24) is 4.90 Å². The van der Waals surface area contributed by atoms with Gasteiger partial charge in [0.1, 0.15) is 0 Å². The molecule has 3 heteroatoms. The summed E-state index contributed by atoms with van der Waals surface area (Å²) >= 11 is 0. The summed E-state index contributed by atoms with van der Waals surface area (Å²) in [6.45, 7) is 7.57. The van der Waals surface area contributed by atoms with Gasteiger partial charge in [-0.1, -0.05) is 13.8 Å². The van der Waals surface area contributed by atoms with Gasteiger partial charge in [0.15, 0.2) is 0 Å². The molecule has 0 aliphatic carbocycles. The second-order valence-electron chi connectivity index (χ2n) is 3.17. The molecule has 3 N–H and O–H groups in total. The van der Waals surface area contributed by atoms with Gasteiger partial charge in [0.2, 0.25) is 0 Å². The molecule has 74 valence electrons. The van der Waals surface area contributed by atoms with E-state index in [0.29, 0.717) is 6.42 Å². The van der Waals surface area contributed by atoms with Crippen molar-refractivity contribution in [2.75, 3.05) is 26.2 Å². The Morgan fingerprint density at radius 2 is 2.08 bits per heavy atom. The lowest BCUT2D eigenvalue weighted by molar-refractivity contribution is 0.231. The fraction of sp³-hybridized carbons (Fsp3) is 1.00. The van der Waals surface area contributed by atoms with Crippen molar-refractivity contribution in [1.29, 1.82) is 0 Å². The Kier molecular flexibility index (Phi) is 7.45. The molecule has 3 nitrogen and oxygen atoms in total. The van der Waals surface area contributed by atoms with E-state index in [1.54, 1.807) is 0 Å². The first-order valence-electron chi connectivity index (χ1n) is 4.83. The first-order valence-corrected chi connectivity index (χ1v) is 4.83. The van der Waals surface area contributed by atoms with Crippen LogP contribution < -0.4 is 5.73 Å². The highest BCUT2D eigenvalue weighted by molar-refractivity contribution is 4.66. The van der Waals surface area contributed by atoms with Gasteiger partial charge in [0.05, 0.1) is 0 Å². The third-order valence-electron chi connectivity index (χ3n) is 1.98. The van der Waals surface area contributed by atoms with Crippen LogP contribution in [0.4, 0.5) is 0 Å².